The van der Waals surface area contributed by atoms with Gasteiger partial charge in [-0.15, -0.1) is 0 Å². The van der Waals surface area contributed by atoms with Gasteiger partial charge in [0.2, 0.25) is 5.78 Å². The highest BCUT2D eigenvalue weighted by Gasteiger charge is 2.54. The molecule has 1 heterocycles. The Bertz CT molecular complexity index is 790. The first-order valence-corrected chi connectivity index (χ1v) is 10.9. The van der Waals surface area contributed by atoms with E-state index >= 15 is 0 Å². The highest BCUT2D eigenvalue weighted by Crippen LogP contribution is 2.62. The van der Waals surface area contributed by atoms with E-state index in [2.05, 4.69) is 25.8 Å². The van der Waals surface area contributed by atoms with Gasteiger partial charge in [-0.3, -0.25) is 4.79 Å². The van der Waals surface area contributed by atoms with Gasteiger partial charge in [-0.2, -0.15) is 0 Å². The van der Waals surface area contributed by atoms with Crippen LogP contribution in [0.3, 0.4) is 0 Å². The molecule has 0 amide bonds. The molecule has 0 bridgehead atoms. The van der Waals surface area contributed by atoms with Gasteiger partial charge < -0.3 is 9.47 Å². The van der Waals surface area contributed by atoms with Gasteiger partial charge in [0, 0.05) is 11.6 Å². The van der Waals surface area contributed by atoms with Gasteiger partial charge >= 0.3 is 0 Å². The van der Waals surface area contributed by atoms with Gasteiger partial charge in [0.15, 0.2) is 17.2 Å². The van der Waals surface area contributed by atoms with Crippen molar-refractivity contribution in [1.29, 1.82) is 0 Å². The van der Waals surface area contributed by atoms with Crippen molar-refractivity contribution < 1.29 is 14.3 Å². The first kappa shape index (κ1) is 19.7. The van der Waals surface area contributed by atoms with Crippen LogP contribution >= 0.6 is 0 Å². The molecule has 2 saturated carbocycles. The van der Waals surface area contributed by atoms with Crippen LogP contribution in [-0.4, -0.2) is 24.3 Å². The topological polar surface area (TPSA) is 47.9 Å². The lowest BCUT2D eigenvalue weighted by Crippen LogP contribution is -2.50. The molecular weight excluding hydrogens is 350 g/mol. The predicted molar refractivity (Wildman–Crippen MR) is 111 cm³/mol. The molecule has 28 heavy (non-hydrogen) atoms. The third-order valence-electron chi connectivity index (χ3n) is 8.19. The number of allylic oxidation sites excluding steroid dienone is 2. The maximum Gasteiger partial charge on any atom is 0.227 e. The Balaban J connectivity index is 1.75. The number of rotatable bonds is 3. The van der Waals surface area contributed by atoms with Crippen LogP contribution in [0, 0.1) is 22.7 Å². The van der Waals surface area contributed by atoms with E-state index < -0.39 is 5.72 Å². The second kappa shape index (κ2) is 6.47. The standard InChI is InChI=1S/C24H35NO3/c1-15-10-12-23(4)11-8-7-9-19(23)24(15,5)14-16-20(26)18(27-6)13-17-21(16)28-22(2,3)25-17/h13,15,19H,7-12,14H2,1-6H3. The van der Waals surface area contributed by atoms with E-state index in [0.29, 0.717) is 28.8 Å². The van der Waals surface area contributed by atoms with Crippen molar-refractivity contribution >= 4 is 11.5 Å². The Morgan fingerprint density at radius 1 is 1.18 bits per heavy atom. The van der Waals surface area contributed by atoms with Gasteiger partial charge in [-0.25, -0.2) is 4.99 Å². The van der Waals surface area contributed by atoms with Gasteiger partial charge in [0.25, 0.3) is 0 Å². The van der Waals surface area contributed by atoms with Gasteiger partial charge in [0.05, 0.1) is 7.11 Å². The fourth-order valence-electron chi connectivity index (χ4n) is 6.46. The summed E-state index contributed by atoms with van der Waals surface area (Å²) in [6.45, 7) is 11.2. The molecule has 4 unspecified atom stereocenters. The molecule has 0 radical (unpaired) electrons. The largest absolute Gasteiger partial charge is 0.493 e. The Hall–Kier alpha value is -1.58. The summed E-state index contributed by atoms with van der Waals surface area (Å²) >= 11 is 0. The zero-order valence-corrected chi connectivity index (χ0v) is 18.4. The highest BCUT2D eigenvalue weighted by atomic mass is 16.5. The quantitative estimate of drug-likeness (QED) is 0.596. The molecule has 3 aliphatic carbocycles. The minimum atomic E-state index is -0.631. The summed E-state index contributed by atoms with van der Waals surface area (Å²) in [5, 5.41) is 0. The van der Waals surface area contributed by atoms with E-state index in [-0.39, 0.29) is 11.2 Å². The molecule has 1 aliphatic heterocycles. The normalized spacial score (nSPS) is 39.6. The Kier molecular flexibility index (Phi) is 4.55. The van der Waals surface area contributed by atoms with E-state index in [1.54, 1.807) is 13.2 Å². The maximum atomic E-state index is 13.3. The molecule has 154 valence electrons. The van der Waals surface area contributed by atoms with Crippen molar-refractivity contribution in [2.24, 2.45) is 27.7 Å². The van der Waals surface area contributed by atoms with Crippen molar-refractivity contribution in [3.05, 3.63) is 23.2 Å². The molecule has 4 aliphatic rings. The number of carbonyl (C=O) groups excluding carboxylic acids is 1. The third-order valence-corrected chi connectivity index (χ3v) is 8.19. The molecule has 2 fully saturated rings. The number of Topliss-reactive ketones (excluding diaryl/α,β-unsaturated/α-hetero) is 1. The van der Waals surface area contributed by atoms with Gasteiger partial charge in [-0.05, 0) is 68.6 Å². The van der Waals surface area contributed by atoms with Crippen LogP contribution in [0.15, 0.2) is 28.2 Å². The highest BCUT2D eigenvalue weighted by molar-refractivity contribution is 6.23. The van der Waals surface area contributed by atoms with E-state index in [4.69, 9.17) is 9.47 Å². The number of carbonyl (C=O) groups is 1. The first-order valence-electron chi connectivity index (χ1n) is 10.9. The fourth-order valence-corrected chi connectivity index (χ4v) is 6.46. The van der Waals surface area contributed by atoms with E-state index in [0.717, 1.165) is 17.7 Å². The van der Waals surface area contributed by atoms with Gasteiger partial charge in [-0.1, -0.05) is 33.6 Å². The Labute approximate surface area is 169 Å². The SMILES string of the molecule is COC1=CC2=NC(C)(C)OC2=C(CC2(C)C(C)CCC3(C)CCCCC32)C1=O. The van der Waals surface area contributed by atoms with Crippen LogP contribution in [-0.2, 0) is 14.3 Å². The minimum Gasteiger partial charge on any atom is -0.493 e. The molecule has 0 N–H and O–H groups in total. The van der Waals surface area contributed by atoms with Crippen LogP contribution < -0.4 is 0 Å². The molecule has 0 aromatic heterocycles. The van der Waals surface area contributed by atoms with Crippen molar-refractivity contribution in [2.45, 2.75) is 85.3 Å². The summed E-state index contributed by atoms with van der Waals surface area (Å²) in [4.78, 5) is 18.0. The zero-order chi connectivity index (χ0) is 20.3. The summed E-state index contributed by atoms with van der Waals surface area (Å²) in [5.74, 6) is 2.27. The van der Waals surface area contributed by atoms with Crippen LogP contribution in [0.5, 0.6) is 0 Å². The molecule has 0 spiro atoms. The van der Waals surface area contributed by atoms with Gasteiger partial charge in [0.1, 0.15) is 5.71 Å². The lowest BCUT2D eigenvalue weighted by molar-refractivity contribution is -0.117. The maximum absolute atomic E-state index is 13.3. The number of hydrogen-bond acceptors (Lipinski definition) is 4. The number of ether oxygens (including phenoxy) is 2. The average Bonchev–Trinajstić information content (AvgIpc) is 2.95. The predicted octanol–water partition coefficient (Wildman–Crippen LogP) is 5.58. The fraction of sp³-hybridized carbons (Fsp3) is 0.750. The summed E-state index contributed by atoms with van der Waals surface area (Å²) < 4.78 is 11.6. The summed E-state index contributed by atoms with van der Waals surface area (Å²) in [5.41, 5.74) is 1.38. The molecule has 0 aromatic rings. The number of hydrogen-bond donors (Lipinski definition) is 0. The molecule has 4 nitrogen and oxygen atoms in total. The summed E-state index contributed by atoms with van der Waals surface area (Å²) in [6.07, 6.45) is 10.3. The third kappa shape index (κ3) is 2.95. The van der Waals surface area contributed by atoms with E-state index in [1.165, 1.54) is 38.5 Å². The second-order valence-corrected chi connectivity index (χ2v) is 10.5. The number of aliphatic imine (C=N–C) groups is 1. The average molecular weight is 386 g/mol. The molecule has 0 aromatic carbocycles. The molecule has 0 saturated heterocycles. The van der Waals surface area contributed by atoms with Crippen LogP contribution in [0.2, 0.25) is 0 Å². The van der Waals surface area contributed by atoms with Crippen LogP contribution in [0.25, 0.3) is 0 Å². The van der Waals surface area contributed by atoms with Crippen molar-refractivity contribution in [2.75, 3.05) is 7.11 Å². The smallest absolute Gasteiger partial charge is 0.227 e. The number of fused-ring (bicyclic) bond motifs is 2. The molecule has 4 rings (SSSR count). The van der Waals surface area contributed by atoms with Crippen LogP contribution in [0.1, 0.15) is 79.6 Å². The zero-order valence-electron chi connectivity index (χ0n) is 18.4. The Morgan fingerprint density at radius 3 is 2.64 bits per heavy atom. The lowest BCUT2D eigenvalue weighted by Gasteiger charge is -2.58. The minimum absolute atomic E-state index is 0.0225. The first-order chi connectivity index (χ1) is 13.1. The summed E-state index contributed by atoms with van der Waals surface area (Å²) in [6, 6.07) is 0. The molecule has 4 heteroatoms. The van der Waals surface area contributed by atoms with Crippen molar-refractivity contribution in [3.8, 4) is 0 Å². The van der Waals surface area contributed by atoms with Crippen LogP contribution in [0.4, 0.5) is 0 Å². The number of ketones is 1. The van der Waals surface area contributed by atoms with Crippen molar-refractivity contribution in [3.63, 3.8) is 0 Å². The number of nitrogens with zero attached hydrogens (tertiary/aromatic N) is 1. The van der Waals surface area contributed by atoms with E-state index in [1.807, 2.05) is 13.8 Å². The second-order valence-electron chi connectivity index (χ2n) is 10.5. The van der Waals surface area contributed by atoms with Crippen molar-refractivity contribution in [1.82, 2.24) is 0 Å². The Morgan fingerprint density at radius 2 is 1.93 bits per heavy atom. The molecule has 4 atom stereocenters. The number of methoxy groups -OCH3 is 1. The summed E-state index contributed by atoms with van der Waals surface area (Å²) in [7, 11) is 1.57. The monoisotopic (exact) mass is 385 g/mol. The van der Waals surface area contributed by atoms with E-state index in [9.17, 15) is 4.79 Å². The molecular formula is C24H35NO3. The lowest BCUT2D eigenvalue weighted by atomic mass is 9.47.